The highest BCUT2D eigenvalue weighted by molar-refractivity contribution is 6.33. The van der Waals surface area contributed by atoms with Gasteiger partial charge in [-0.15, -0.1) is 0 Å². The lowest BCUT2D eigenvalue weighted by atomic mass is 10.2. The number of aromatic nitrogens is 2. The molecule has 0 atom stereocenters. The molecule has 0 aliphatic rings. The van der Waals surface area contributed by atoms with E-state index in [0.29, 0.717) is 35.4 Å². The minimum Gasteiger partial charge on any atom is -0.341 e. The number of carbonyl (C=O) groups is 1. The summed E-state index contributed by atoms with van der Waals surface area (Å²) in [5, 5.41) is 4.83. The van der Waals surface area contributed by atoms with Gasteiger partial charge in [0.2, 0.25) is 0 Å². The van der Waals surface area contributed by atoms with Gasteiger partial charge in [-0.05, 0) is 18.4 Å². The Morgan fingerprint density at radius 3 is 2.55 bits per heavy atom. The monoisotopic (exact) mass is 319 g/mol. The average molecular weight is 320 g/mol. The van der Waals surface area contributed by atoms with Gasteiger partial charge in [0.15, 0.2) is 0 Å². The van der Waals surface area contributed by atoms with Gasteiger partial charge in [-0.1, -0.05) is 55.8 Å². The van der Waals surface area contributed by atoms with Crippen LogP contribution in [0.2, 0.25) is 5.15 Å². The van der Waals surface area contributed by atoms with Gasteiger partial charge in [0.1, 0.15) is 5.15 Å². The maximum atomic E-state index is 12.6. The number of hydrogen-bond donors (Lipinski definition) is 0. The molecule has 2 aromatic rings. The molecule has 1 heterocycles. The van der Waals surface area contributed by atoms with Crippen LogP contribution < -0.4 is 0 Å². The highest BCUT2D eigenvalue weighted by Gasteiger charge is 2.23. The van der Waals surface area contributed by atoms with Crippen molar-refractivity contribution in [1.82, 2.24) is 14.7 Å². The summed E-state index contributed by atoms with van der Waals surface area (Å²) in [5.74, 6) is 0.336. The summed E-state index contributed by atoms with van der Waals surface area (Å²) in [7, 11) is 1.80. The number of hydrogen-bond acceptors (Lipinski definition) is 2. The molecule has 0 fully saturated rings. The lowest BCUT2D eigenvalue weighted by Gasteiger charge is -2.19. The lowest BCUT2D eigenvalue weighted by Crippen LogP contribution is -2.30. The molecule has 118 valence electrons. The van der Waals surface area contributed by atoms with Crippen molar-refractivity contribution in [2.45, 2.75) is 27.3 Å². The zero-order valence-electron chi connectivity index (χ0n) is 13.5. The number of nitrogens with zero attached hydrogens (tertiary/aromatic N) is 3. The smallest absolute Gasteiger partial charge is 0.258 e. The minimum atomic E-state index is -0.0736. The first-order valence-corrected chi connectivity index (χ1v) is 7.80. The van der Waals surface area contributed by atoms with Crippen molar-refractivity contribution >= 4 is 17.5 Å². The highest BCUT2D eigenvalue weighted by Crippen LogP contribution is 2.22. The van der Waals surface area contributed by atoms with Crippen LogP contribution in [-0.4, -0.2) is 34.2 Å². The van der Waals surface area contributed by atoms with Crippen molar-refractivity contribution in [3.05, 3.63) is 52.3 Å². The van der Waals surface area contributed by atoms with Crippen LogP contribution >= 0.6 is 11.6 Å². The van der Waals surface area contributed by atoms with Gasteiger partial charge in [-0.2, -0.15) is 5.10 Å². The predicted molar refractivity (Wildman–Crippen MR) is 89.3 cm³/mol. The number of rotatable bonds is 5. The number of aryl methyl sites for hydroxylation is 1. The van der Waals surface area contributed by atoms with Gasteiger partial charge in [0.25, 0.3) is 5.91 Å². The van der Waals surface area contributed by atoms with Gasteiger partial charge in [0, 0.05) is 13.6 Å². The van der Waals surface area contributed by atoms with Gasteiger partial charge in [-0.3, -0.25) is 4.79 Å². The fourth-order valence-electron chi connectivity index (χ4n) is 2.48. The number of carbonyl (C=O) groups excluding carboxylic acids is 1. The molecular formula is C17H22ClN3O. The van der Waals surface area contributed by atoms with E-state index < -0.39 is 0 Å². The zero-order chi connectivity index (χ0) is 16.3. The number of halogens is 1. The topological polar surface area (TPSA) is 38.1 Å². The molecule has 1 aromatic carbocycles. The summed E-state index contributed by atoms with van der Waals surface area (Å²) >= 11 is 6.41. The van der Waals surface area contributed by atoms with Crippen LogP contribution in [-0.2, 0) is 6.54 Å². The molecule has 0 bridgehead atoms. The molecule has 0 aliphatic heterocycles. The second-order valence-electron chi connectivity index (χ2n) is 5.97. The van der Waals surface area contributed by atoms with E-state index in [-0.39, 0.29) is 5.91 Å². The minimum absolute atomic E-state index is 0.0736. The van der Waals surface area contributed by atoms with E-state index in [1.165, 1.54) is 0 Å². The third kappa shape index (κ3) is 3.69. The van der Waals surface area contributed by atoms with Crippen LogP contribution in [0.25, 0.3) is 0 Å². The van der Waals surface area contributed by atoms with Crippen LogP contribution in [0.4, 0.5) is 0 Å². The Labute approximate surface area is 136 Å². The molecule has 1 amide bonds. The van der Waals surface area contributed by atoms with Crippen molar-refractivity contribution < 1.29 is 4.79 Å². The molecule has 0 aliphatic carbocycles. The third-order valence-corrected chi connectivity index (χ3v) is 3.82. The second kappa shape index (κ2) is 6.97. The Balaban J connectivity index is 2.25. The number of amides is 1. The molecule has 2 rings (SSSR count). The predicted octanol–water partition coefficient (Wildman–Crippen LogP) is 3.62. The Hall–Kier alpha value is -1.81. The molecular weight excluding hydrogens is 298 g/mol. The molecule has 0 radical (unpaired) electrons. The Bertz CT molecular complexity index is 649. The average Bonchev–Trinajstić information content (AvgIpc) is 2.73. The standard InChI is InChI=1S/C17H22ClN3O/c1-12(2)10-20(4)17(22)15-13(3)19-21(16(15)18)11-14-8-6-5-7-9-14/h5-9,12H,10-11H2,1-4H3. The van der Waals surface area contributed by atoms with Crippen molar-refractivity contribution in [2.24, 2.45) is 5.92 Å². The lowest BCUT2D eigenvalue weighted by molar-refractivity contribution is 0.0778. The van der Waals surface area contributed by atoms with E-state index in [2.05, 4.69) is 18.9 Å². The molecule has 0 saturated carbocycles. The summed E-state index contributed by atoms with van der Waals surface area (Å²) in [6, 6.07) is 9.94. The largest absolute Gasteiger partial charge is 0.341 e. The Morgan fingerprint density at radius 1 is 1.32 bits per heavy atom. The van der Waals surface area contributed by atoms with E-state index in [1.54, 1.807) is 16.6 Å². The summed E-state index contributed by atoms with van der Waals surface area (Å²) < 4.78 is 1.68. The quantitative estimate of drug-likeness (QED) is 0.844. The van der Waals surface area contributed by atoms with Gasteiger partial charge < -0.3 is 4.90 Å². The molecule has 0 spiro atoms. The molecule has 1 aromatic heterocycles. The summed E-state index contributed by atoms with van der Waals surface area (Å²) in [5.41, 5.74) is 2.27. The third-order valence-electron chi connectivity index (χ3n) is 3.44. The van der Waals surface area contributed by atoms with Gasteiger partial charge in [0.05, 0.1) is 17.8 Å². The molecule has 0 saturated heterocycles. The van der Waals surface area contributed by atoms with Crippen LogP contribution in [0.15, 0.2) is 30.3 Å². The normalized spacial score (nSPS) is 11.0. The first-order chi connectivity index (χ1) is 10.4. The van der Waals surface area contributed by atoms with E-state index >= 15 is 0 Å². The zero-order valence-corrected chi connectivity index (χ0v) is 14.3. The van der Waals surface area contributed by atoms with Crippen LogP contribution in [0.5, 0.6) is 0 Å². The fraction of sp³-hybridized carbons (Fsp3) is 0.412. The van der Waals surface area contributed by atoms with Gasteiger partial charge in [-0.25, -0.2) is 4.68 Å². The Morgan fingerprint density at radius 2 is 1.95 bits per heavy atom. The molecule has 22 heavy (non-hydrogen) atoms. The van der Waals surface area contributed by atoms with Gasteiger partial charge >= 0.3 is 0 Å². The summed E-state index contributed by atoms with van der Waals surface area (Å²) in [6.45, 7) is 7.23. The molecule has 0 unspecified atom stereocenters. The van der Waals surface area contributed by atoms with E-state index in [1.807, 2.05) is 37.3 Å². The maximum absolute atomic E-state index is 12.6. The summed E-state index contributed by atoms with van der Waals surface area (Å²) in [4.78, 5) is 14.3. The Kier molecular flexibility index (Phi) is 5.24. The second-order valence-corrected chi connectivity index (χ2v) is 6.33. The first kappa shape index (κ1) is 16.6. The fourth-order valence-corrected chi connectivity index (χ4v) is 2.79. The van der Waals surface area contributed by atoms with E-state index in [0.717, 1.165) is 5.56 Å². The number of benzene rings is 1. The van der Waals surface area contributed by atoms with Crippen molar-refractivity contribution in [2.75, 3.05) is 13.6 Å². The summed E-state index contributed by atoms with van der Waals surface area (Å²) in [6.07, 6.45) is 0. The van der Waals surface area contributed by atoms with Crippen LogP contribution in [0.3, 0.4) is 0 Å². The van der Waals surface area contributed by atoms with Crippen molar-refractivity contribution in [1.29, 1.82) is 0 Å². The first-order valence-electron chi connectivity index (χ1n) is 7.42. The van der Waals surface area contributed by atoms with Crippen molar-refractivity contribution in [3.63, 3.8) is 0 Å². The molecule has 0 N–H and O–H groups in total. The molecule has 5 heteroatoms. The highest BCUT2D eigenvalue weighted by atomic mass is 35.5. The van der Waals surface area contributed by atoms with E-state index in [9.17, 15) is 4.79 Å². The SMILES string of the molecule is Cc1nn(Cc2ccccc2)c(Cl)c1C(=O)N(C)CC(C)C. The van der Waals surface area contributed by atoms with Crippen LogP contribution in [0, 0.1) is 12.8 Å². The van der Waals surface area contributed by atoms with Crippen LogP contribution in [0.1, 0.15) is 35.5 Å². The van der Waals surface area contributed by atoms with Crippen molar-refractivity contribution in [3.8, 4) is 0 Å². The van der Waals surface area contributed by atoms with E-state index in [4.69, 9.17) is 11.6 Å². The maximum Gasteiger partial charge on any atom is 0.258 e. The molecule has 4 nitrogen and oxygen atoms in total.